The summed E-state index contributed by atoms with van der Waals surface area (Å²) in [6, 6.07) is 6.21. The molecule has 0 aliphatic rings. The Morgan fingerprint density at radius 2 is 1.87 bits per heavy atom. The van der Waals surface area contributed by atoms with E-state index in [4.69, 9.17) is 10.00 Å². The fourth-order valence-electron chi connectivity index (χ4n) is 2.67. The lowest BCUT2D eigenvalue weighted by atomic mass is 9.93. The maximum absolute atomic E-state index is 14.0. The molecule has 1 aromatic carbocycles. The fraction of sp³-hybridized carbons (Fsp3) is 0.571. The van der Waals surface area contributed by atoms with E-state index in [9.17, 15) is 9.18 Å². The molecule has 0 aliphatic carbocycles. The predicted octanol–water partition coefficient (Wildman–Crippen LogP) is 4.06. The number of carbonyl (C=O) groups excluding carboxylic acids is 1. The number of benzene rings is 1. The highest BCUT2D eigenvalue weighted by atomic mass is 127. The monoisotopic (exact) mass is 533 g/mol. The van der Waals surface area contributed by atoms with E-state index >= 15 is 0 Å². The Balaban J connectivity index is 0.00000841. The maximum Gasteiger partial charge on any atom is 0.408 e. The highest BCUT2D eigenvalue weighted by molar-refractivity contribution is 14.0. The van der Waals surface area contributed by atoms with Crippen molar-refractivity contribution in [1.29, 1.82) is 5.26 Å². The van der Waals surface area contributed by atoms with Crippen molar-refractivity contribution in [3.05, 3.63) is 35.1 Å². The average molecular weight is 533 g/mol. The number of nitrogens with zero attached hydrogens (tertiary/aromatic N) is 2. The summed E-state index contributed by atoms with van der Waals surface area (Å²) in [6.07, 6.45) is 0.901. The smallest absolute Gasteiger partial charge is 0.408 e. The Morgan fingerprint density at radius 3 is 2.37 bits per heavy atom. The third-order valence-electron chi connectivity index (χ3n) is 4.56. The van der Waals surface area contributed by atoms with E-state index in [2.05, 4.69) is 20.9 Å². The molecule has 0 fully saturated rings. The van der Waals surface area contributed by atoms with Crippen LogP contribution in [0, 0.1) is 17.1 Å². The lowest BCUT2D eigenvalue weighted by molar-refractivity contribution is 0.0448. The number of hydrogen-bond acceptors (Lipinski definition) is 4. The number of carbonyl (C=O) groups is 1. The molecule has 0 saturated carbocycles. The maximum atomic E-state index is 14.0. The Morgan fingerprint density at radius 1 is 1.23 bits per heavy atom. The minimum absolute atomic E-state index is 0. The van der Waals surface area contributed by atoms with Crippen molar-refractivity contribution >= 4 is 36.0 Å². The quantitative estimate of drug-likeness (QED) is 0.279. The van der Waals surface area contributed by atoms with Crippen molar-refractivity contribution in [1.82, 2.24) is 16.0 Å². The second-order valence-electron chi connectivity index (χ2n) is 7.81. The standard InChI is InChI=1S/C21H32FN5O2.HI/c1-7-21(8-2,27-19(28)29-20(3,4)5)14-26-18(24-6)25-13-16-11-15(12-23)9-10-17(16)22;/h9-11H,7-8,13-14H2,1-6H3,(H,27,28)(H2,24,25,26);1H. The number of nitrogens with one attached hydrogen (secondary N) is 3. The molecule has 0 aliphatic heterocycles. The zero-order valence-electron chi connectivity index (χ0n) is 18.6. The molecule has 0 saturated heterocycles. The van der Waals surface area contributed by atoms with Crippen molar-refractivity contribution in [3.8, 4) is 6.07 Å². The van der Waals surface area contributed by atoms with E-state index in [1.165, 1.54) is 18.2 Å². The summed E-state index contributed by atoms with van der Waals surface area (Å²) in [6.45, 7) is 10.0. The Labute approximate surface area is 195 Å². The molecule has 0 bridgehead atoms. The number of nitriles is 1. The minimum atomic E-state index is -0.579. The second kappa shape index (κ2) is 12.6. The van der Waals surface area contributed by atoms with Gasteiger partial charge in [0.2, 0.25) is 0 Å². The molecular weight excluding hydrogens is 500 g/mol. The molecule has 0 heterocycles. The summed E-state index contributed by atoms with van der Waals surface area (Å²) < 4.78 is 19.3. The minimum Gasteiger partial charge on any atom is -0.444 e. The number of hydrogen-bond donors (Lipinski definition) is 3. The van der Waals surface area contributed by atoms with Crippen LogP contribution in [0.3, 0.4) is 0 Å². The van der Waals surface area contributed by atoms with Gasteiger partial charge in [-0.05, 0) is 51.8 Å². The van der Waals surface area contributed by atoms with Crippen LogP contribution < -0.4 is 16.0 Å². The molecule has 0 atom stereocenters. The number of aliphatic imine (C=N–C) groups is 1. The topological polar surface area (TPSA) is 98.5 Å². The van der Waals surface area contributed by atoms with Crippen molar-refractivity contribution in [2.45, 2.75) is 65.1 Å². The number of rotatable bonds is 7. The molecule has 0 unspecified atom stereocenters. The van der Waals surface area contributed by atoms with Gasteiger partial charge in [0.1, 0.15) is 11.4 Å². The lowest BCUT2D eigenvalue weighted by Crippen LogP contribution is -2.57. The predicted molar refractivity (Wildman–Crippen MR) is 127 cm³/mol. The van der Waals surface area contributed by atoms with E-state index in [-0.39, 0.29) is 30.5 Å². The molecule has 30 heavy (non-hydrogen) atoms. The van der Waals surface area contributed by atoms with Crippen molar-refractivity contribution in [3.63, 3.8) is 0 Å². The largest absolute Gasteiger partial charge is 0.444 e. The Hall–Kier alpha value is -2.09. The number of halogens is 2. The number of alkyl carbamates (subject to hydrolysis) is 1. The SMILES string of the molecule is CCC(CC)(CNC(=NC)NCc1cc(C#N)ccc1F)NC(=O)OC(C)(C)C.I. The highest BCUT2D eigenvalue weighted by Crippen LogP contribution is 2.16. The molecule has 1 amide bonds. The first-order valence-electron chi connectivity index (χ1n) is 9.72. The summed E-state index contributed by atoms with van der Waals surface area (Å²) in [4.78, 5) is 16.4. The van der Waals surface area contributed by atoms with Gasteiger partial charge < -0.3 is 20.7 Å². The van der Waals surface area contributed by atoms with Gasteiger partial charge in [-0.3, -0.25) is 4.99 Å². The molecular formula is C21H33FIN5O2. The van der Waals surface area contributed by atoms with Gasteiger partial charge in [-0.1, -0.05) is 13.8 Å². The van der Waals surface area contributed by atoms with E-state index in [1.54, 1.807) is 7.05 Å². The molecule has 3 N–H and O–H groups in total. The first kappa shape index (κ1) is 27.9. The van der Waals surface area contributed by atoms with Crippen LogP contribution in [-0.2, 0) is 11.3 Å². The van der Waals surface area contributed by atoms with Crippen LogP contribution in [0.1, 0.15) is 58.6 Å². The number of amides is 1. The van der Waals surface area contributed by atoms with Crippen LogP contribution in [0.25, 0.3) is 0 Å². The lowest BCUT2D eigenvalue weighted by Gasteiger charge is -2.34. The van der Waals surface area contributed by atoms with Gasteiger partial charge in [0.15, 0.2) is 5.96 Å². The fourth-order valence-corrected chi connectivity index (χ4v) is 2.67. The Bertz CT molecular complexity index is 768. The van der Waals surface area contributed by atoms with Gasteiger partial charge in [-0.25, -0.2) is 9.18 Å². The van der Waals surface area contributed by atoms with Crippen molar-refractivity contribution in [2.24, 2.45) is 4.99 Å². The summed E-state index contributed by atoms with van der Waals surface area (Å²) in [5, 5.41) is 18.2. The van der Waals surface area contributed by atoms with Gasteiger partial charge in [0.25, 0.3) is 0 Å². The van der Waals surface area contributed by atoms with Crippen LogP contribution in [0.15, 0.2) is 23.2 Å². The van der Waals surface area contributed by atoms with Crippen LogP contribution in [-0.4, -0.2) is 36.8 Å². The zero-order chi connectivity index (χ0) is 22.1. The van der Waals surface area contributed by atoms with Crippen LogP contribution in [0.4, 0.5) is 9.18 Å². The molecule has 7 nitrogen and oxygen atoms in total. The van der Waals surface area contributed by atoms with E-state index in [0.717, 1.165) is 0 Å². The van der Waals surface area contributed by atoms with E-state index in [0.29, 0.717) is 36.5 Å². The summed E-state index contributed by atoms with van der Waals surface area (Å²) in [7, 11) is 1.61. The Kier molecular flexibility index (Phi) is 11.7. The van der Waals surface area contributed by atoms with Gasteiger partial charge in [0, 0.05) is 25.7 Å². The van der Waals surface area contributed by atoms with Crippen LogP contribution >= 0.6 is 24.0 Å². The zero-order valence-corrected chi connectivity index (χ0v) is 20.9. The molecule has 1 aromatic rings. The first-order chi connectivity index (χ1) is 13.6. The molecule has 168 valence electrons. The molecule has 0 spiro atoms. The average Bonchev–Trinajstić information content (AvgIpc) is 2.66. The molecule has 0 radical (unpaired) electrons. The van der Waals surface area contributed by atoms with Gasteiger partial charge in [-0.2, -0.15) is 5.26 Å². The number of guanidine groups is 1. The van der Waals surface area contributed by atoms with Crippen LogP contribution in [0.5, 0.6) is 0 Å². The van der Waals surface area contributed by atoms with E-state index < -0.39 is 23.1 Å². The third kappa shape index (κ3) is 9.15. The number of ether oxygens (including phenoxy) is 1. The first-order valence-corrected chi connectivity index (χ1v) is 9.72. The van der Waals surface area contributed by atoms with Gasteiger partial charge >= 0.3 is 6.09 Å². The summed E-state index contributed by atoms with van der Waals surface area (Å²) >= 11 is 0. The third-order valence-corrected chi connectivity index (χ3v) is 4.56. The summed E-state index contributed by atoms with van der Waals surface area (Å²) in [5.41, 5.74) is -0.337. The van der Waals surface area contributed by atoms with Gasteiger partial charge in [-0.15, -0.1) is 24.0 Å². The molecule has 1 rings (SSSR count). The normalized spacial score (nSPS) is 11.7. The van der Waals surface area contributed by atoms with Crippen molar-refractivity contribution in [2.75, 3.05) is 13.6 Å². The van der Waals surface area contributed by atoms with Crippen LogP contribution in [0.2, 0.25) is 0 Å². The highest BCUT2D eigenvalue weighted by Gasteiger charge is 2.30. The van der Waals surface area contributed by atoms with Crippen molar-refractivity contribution < 1.29 is 13.9 Å². The molecule has 0 aromatic heterocycles. The van der Waals surface area contributed by atoms with E-state index in [1.807, 2.05) is 40.7 Å². The second-order valence-corrected chi connectivity index (χ2v) is 7.81. The van der Waals surface area contributed by atoms with Gasteiger partial charge in [0.05, 0.1) is 17.2 Å². The summed E-state index contributed by atoms with van der Waals surface area (Å²) in [5.74, 6) is 0.0685. The molecule has 9 heteroatoms.